The number of benzene rings is 1. The second-order valence-corrected chi connectivity index (χ2v) is 5.09. The van der Waals surface area contributed by atoms with Crippen molar-refractivity contribution in [2.75, 3.05) is 6.54 Å². The van der Waals surface area contributed by atoms with Crippen LogP contribution in [0.4, 0.5) is 0 Å². The Labute approximate surface area is 109 Å². The summed E-state index contributed by atoms with van der Waals surface area (Å²) in [5.74, 6) is 0.820. The van der Waals surface area contributed by atoms with E-state index < -0.39 is 0 Å². The number of carbonyl (C=O) groups excluding carboxylic acids is 1. The minimum absolute atomic E-state index is 0.147. The smallest absolute Gasteiger partial charge is 0.220 e. The Morgan fingerprint density at radius 3 is 2.67 bits per heavy atom. The molecule has 1 aliphatic carbocycles. The van der Waals surface area contributed by atoms with E-state index in [2.05, 4.69) is 29.6 Å². The molecule has 0 bridgehead atoms. The van der Waals surface area contributed by atoms with Gasteiger partial charge in [-0.25, -0.2) is 0 Å². The van der Waals surface area contributed by atoms with Crippen molar-refractivity contribution in [3.8, 4) is 0 Å². The van der Waals surface area contributed by atoms with Crippen molar-refractivity contribution in [1.29, 1.82) is 0 Å². The molecular formula is C15H22N2O. The number of nitrogens with one attached hydrogen (secondary N) is 1. The lowest BCUT2D eigenvalue weighted by Crippen LogP contribution is -2.38. The van der Waals surface area contributed by atoms with Gasteiger partial charge >= 0.3 is 0 Å². The summed E-state index contributed by atoms with van der Waals surface area (Å²) in [6.07, 6.45) is 4.76. The third-order valence-electron chi connectivity index (χ3n) is 3.44. The molecule has 98 valence electrons. The van der Waals surface area contributed by atoms with Crippen molar-refractivity contribution >= 4 is 5.91 Å². The molecule has 3 nitrogen and oxygen atoms in total. The molecule has 2 rings (SSSR count). The predicted molar refractivity (Wildman–Crippen MR) is 73.1 cm³/mol. The highest BCUT2D eigenvalue weighted by atomic mass is 16.1. The van der Waals surface area contributed by atoms with E-state index in [9.17, 15) is 4.79 Å². The molecule has 0 spiro atoms. The third kappa shape index (κ3) is 4.15. The first kappa shape index (κ1) is 13.1. The van der Waals surface area contributed by atoms with E-state index in [4.69, 9.17) is 5.73 Å². The van der Waals surface area contributed by atoms with E-state index in [0.717, 1.165) is 12.8 Å². The molecule has 0 aliphatic heterocycles. The molecule has 3 heteroatoms. The third-order valence-corrected chi connectivity index (χ3v) is 3.44. The zero-order valence-electron chi connectivity index (χ0n) is 10.8. The Morgan fingerprint density at radius 2 is 2.06 bits per heavy atom. The predicted octanol–water partition coefficient (Wildman–Crippen LogP) is 1.86. The molecule has 1 amide bonds. The number of hydrogen-bond donors (Lipinski definition) is 2. The van der Waals surface area contributed by atoms with E-state index >= 15 is 0 Å². The Hall–Kier alpha value is -1.35. The van der Waals surface area contributed by atoms with Gasteiger partial charge in [-0.1, -0.05) is 30.3 Å². The SMILES string of the molecule is NCCCC(=O)NC(Cc1ccccc1)C1CC1. The molecule has 1 fully saturated rings. The fourth-order valence-electron chi connectivity index (χ4n) is 2.24. The largest absolute Gasteiger partial charge is 0.353 e. The van der Waals surface area contributed by atoms with E-state index in [-0.39, 0.29) is 5.91 Å². The molecule has 3 N–H and O–H groups in total. The van der Waals surface area contributed by atoms with Gasteiger partial charge in [-0.05, 0) is 43.7 Å². The highest BCUT2D eigenvalue weighted by Gasteiger charge is 2.32. The fraction of sp³-hybridized carbons (Fsp3) is 0.533. The van der Waals surface area contributed by atoms with Crippen LogP contribution in [0.25, 0.3) is 0 Å². The van der Waals surface area contributed by atoms with E-state index in [0.29, 0.717) is 24.9 Å². The number of hydrogen-bond acceptors (Lipinski definition) is 2. The summed E-state index contributed by atoms with van der Waals surface area (Å²) in [5, 5.41) is 3.17. The Kier molecular flexibility index (Phi) is 4.76. The lowest BCUT2D eigenvalue weighted by molar-refractivity contribution is -0.122. The molecule has 1 unspecified atom stereocenters. The lowest BCUT2D eigenvalue weighted by atomic mass is 10.0. The first-order valence-electron chi connectivity index (χ1n) is 6.83. The highest BCUT2D eigenvalue weighted by molar-refractivity contribution is 5.76. The molecule has 0 heterocycles. The first-order chi connectivity index (χ1) is 8.79. The topological polar surface area (TPSA) is 55.1 Å². The van der Waals surface area contributed by atoms with E-state index in [1.54, 1.807) is 0 Å². The minimum Gasteiger partial charge on any atom is -0.353 e. The number of carbonyl (C=O) groups is 1. The number of amides is 1. The van der Waals surface area contributed by atoms with Crippen molar-refractivity contribution in [2.45, 2.75) is 38.1 Å². The molecular weight excluding hydrogens is 224 g/mol. The monoisotopic (exact) mass is 246 g/mol. The van der Waals surface area contributed by atoms with Gasteiger partial charge in [-0.15, -0.1) is 0 Å². The molecule has 1 aromatic carbocycles. The molecule has 1 aliphatic rings. The summed E-state index contributed by atoms with van der Waals surface area (Å²) in [7, 11) is 0. The summed E-state index contributed by atoms with van der Waals surface area (Å²) >= 11 is 0. The summed E-state index contributed by atoms with van der Waals surface area (Å²) < 4.78 is 0. The van der Waals surface area contributed by atoms with Crippen molar-refractivity contribution in [3.05, 3.63) is 35.9 Å². The van der Waals surface area contributed by atoms with Crippen molar-refractivity contribution < 1.29 is 4.79 Å². The van der Waals surface area contributed by atoms with Crippen LogP contribution in [0.3, 0.4) is 0 Å². The van der Waals surface area contributed by atoms with Crippen molar-refractivity contribution in [1.82, 2.24) is 5.32 Å². The van der Waals surface area contributed by atoms with Gasteiger partial charge < -0.3 is 11.1 Å². The van der Waals surface area contributed by atoms with Gasteiger partial charge in [-0.2, -0.15) is 0 Å². The van der Waals surface area contributed by atoms with Crippen LogP contribution < -0.4 is 11.1 Å². The van der Waals surface area contributed by atoms with Gasteiger partial charge in [0.05, 0.1) is 0 Å². The van der Waals surface area contributed by atoms with Crippen LogP contribution in [0.1, 0.15) is 31.2 Å². The van der Waals surface area contributed by atoms with E-state index in [1.807, 2.05) is 6.07 Å². The minimum atomic E-state index is 0.147. The molecule has 1 saturated carbocycles. The van der Waals surface area contributed by atoms with Crippen molar-refractivity contribution in [2.24, 2.45) is 11.7 Å². The Bertz CT molecular complexity index is 373. The van der Waals surface area contributed by atoms with Crippen LogP contribution in [-0.2, 0) is 11.2 Å². The summed E-state index contributed by atoms with van der Waals surface area (Å²) in [5.41, 5.74) is 6.72. The first-order valence-corrected chi connectivity index (χ1v) is 6.83. The quantitative estimate of drug-likeness (QED) is 0.771. The van der Waals surface area contributed by atoms with Gasteiger partial charge in [0.2, 0.25) is 5.91 Å². The highest BCUT2D eigenvalue weighted by Crippen LogP contribution is 2.34. The Morgan fingerprint density at radius 1 is 1.33 bits per heavy atom. The van der Waals surface area contributed by atoms with Crippen LogP contribution in [0.2, 0.25) is 0 Å². The Balaban J connectivity index is 1.86. The second-order valence-electron chi connectivity index (χ2n) is 5.09. The molecule has 0 aromatic heterocycles. The molecule has 0 radical (unpaired) electrons. The summed E-state index contributed by atoms with van der Waals surface area (Å²) in [6.45, 7) is 0.584. The average molecular weight is 246 g/mol. The van der Waals surface area contributed by atoms with Crippen LogP contribution in [0.5, 0.6) is 0 Å². The number of nitrogens with two attached hydrogens (primary N) is 1. The zero-order chi connectivity index (χ0) is 12.8. The van der Waals surface area contributed by atoms with Gasteiger partial charge in [0, 0.05) is 12.5 Å². The molecule has 0 saturated heterocycles. The maximum absolute atomic E-state index is 11.8. The average Bonchev–Trinajstić information content (AvgIpc) is 3.21. The van der Waals surface area contributed by atoms with Gasteiger partial charge in [0.25, 0.3) is 0 Å². The standard InChI is InChI=1S/C15H22N2O/c16-10-4-7-15(18)17-14(13-8-9-13)11-12-5-2-1-3-6-12/h1-3,5-6,13-14H,4,7-11,16H2,(H,17,18). The normalized spacial score (nSPS) is 16.3. The zero-order valence-corrected chi connectivity index (χ0v) is 10.8. The van der Waals surface area contributed by atoms with Crippen LogP contribution in [-0.4, -0.2) is 18.5 Å². The molecule has 1 aromatic rings. The lowest BCUT2D eigenvalue weighted by Gasteiger charge is -2.18. The molecule has 1 atom stereocenters. The second kappa shape index (κ2) is 6.55. The van der Waals surface area contributed by atoms with Gasteiger partial charge in [0.1, 0.15) is 0 Å². The van der Waals surface area contributed by atoms with Crippen LogP contribution >= 0.6 is 0 Å². The molecule has 18 heavy (non-hydrogen) atoms. The van der Waals surface area contributed by atoms with E-state index in [1.165, 1.54) is 18.4 Å². The maximum atomic E-state index is 11.8. The van der Waals surface area contributed by atoms with Gasteiger partial charge in [0.15, 0.2) is 0 Å². The van der Waals surface area contributed by atoms with Crippen LogP contribution in [0.15, 0.2) is 30.3 Å². The van der Waals surface area contributed by atoms with Gasteiger partial charge in [-0.3, -0.25) is 4.79 Å². The summed E-state index contributed by atoms with van der Waals surface area (Å²) in [4.78, 5) is 11.8. The maximum Gasteiger partial charge on any atom is 0.220 e. The van der Waals surface area contributed by atoms with Crippen molar-refractivity contribution in [3.63, 3.8) is 0 Å². The summed E-state index contributed by atoms with van der Waals surface area (Å²) in [6, 6.07) is 10.7. The number of rotatable bonds is 7. The van der Waals surface area contributed by atoms with Crippen LogP contribution in [0, 0.1) is 5.92 Å². The fourth-order valence-corrected chi connectivity index (χ4v) is 2.24.